The standard InChI is InChI=1S/C15H16ClN3O2/c1-9-10(4-2-5-11(9)16)14-17-8-12(18-14)13-6-3-7-19(13)15(20)21/h2,4-5,8,13H,3,6-7H2,1H3,(H,17,18)(H,20,21)/t13-/m0/s1. The fraction of sp³-hybridized carbons (Fsp3) is 0.333. The summed E-state index contributed by atoms with van der Waals surface area (Å²) in [6.45, 7) is 2.52. The monoisotopic (exact) mass is 305 g/mol. The minimum atomic E-state index is -0.882. The zero-order chi connectivity index (χ0) is 15.0. The minimum Gasteiger partial charge on any atom is -0.465 e. The number of likely N-dealkylation sites (tertiary alicyclic amines) is 1. The molecule has 0 unspecified atom stereocenters. The summed E-state index contributed by atoms with van der Waals surface area (Å²) in [5.41, 5.74) is 2.74. The van der Waals surface area contributed by atoms with Crippen LogP contribution in [0, 0.1) is 6.92 Å². The van der Waals surface area contributed by atoms with Crippen LogP contribution in [0.3, 0.4) is 0 Å². The van der Waals surface area contributed by atoms with Crippen molar-refractivity contribution < 1.29 is 9.90 Å². The number of hydrogen-bond acceptors (Lipinski definition) is 2. The lowest BCUT2D eigenvalue weighted by Gasteiger charge is -2.19. The third-order valence-corrected chi connectivity index (χ3v) is 4.39. The summed E-state index contributed by atoms with van der Waals surface area (Å²) in [6, 6.07) is 5.54. The molecule has 1 aromatic heterocycles. The lowest BCUT2D eigenvalue weighted by molar-refractivity contribution is 0.139. The number of aromatic nitrogens is 2. The van der Waals surface area contributed by atoms with Gasteiger partial charge < -0.3 is 10.1 Å². The highest BCUT2D eigenvalue weighted by Crippen LogP contribution is 2.33. The van der Waals surface area contributed by atoms with Crippen molar-refractivity contribution >= 4 is 17.7 Å². The van der Waals surface area contributed by atoms with Gasteiger partial charge in [0, 0.05) is 17.1 Å². The van der Waals surface area contributed by atoms with Crippen molar-refractivity contribution in [2.24, 2.45) is 0 Å². The van der Waals surface area contributed by atoms with Crippen LogP contribution in [0.1, 0.15) is 30.1 Å². The van der Waals surface area contributed by atoms with Gasteiger partial charge in [-0.15, -0.1) is 0 Å². The number of aromatic amines is 1. The van der Waals surface area contributed by atoms with Crippen LogP contribution in [-0.2, 0) is 0 Å². The molecule has 0 bridgehead atoms. The average Bonchev–Trinajstić information content (AvgIpc) is 3.09. The molecule has 2 aromatic rings. The molecule has 0 saturated carbocycles. The van der Waals surface area contributed by atoms with Gasteiger partial charge in [-0.1, -0.05) is 23.7 Å². The largest absolute Gasteiger partial charge is 0.465 e. The van der Waals surface area contributed by atoms with E-state index < -0.39 is 6.09 Å². The summed E-state index contributed by atoms with van der Waals surface area (Å²) in [6.07, 6.45) is 2.54. The number of rotatable bonds is 2. The Morgan fingerprint density at radius 3 is 3.10 bits per heavy atom. The third-order valence-electron chi connectivity index (χ3n) is 3.98. The van der Waals surface area contributed by atoms with Gasteiger partial charge in [-0.05, 0) is 31.4 Å². The third kappa shape index (κ3) is 2.49. The van der Waals surface area contributed by atoms with Crippen molar-refractivity contribution in [1.82, 2.24) is 14.9 Å². The molecule has 21 heavy (non-hydrogen) atoms. The average molecular weight is 306 g/mol. The molecule has 6 heteroatoms. The number of hydrogen-bond donors (Lipinski definition) is 2. The highest BCUT2D eigenvalue weighted by molar-refractivity contribution is 6.31. The molecule has 1 aliphatic rings. The fourth-order valence-electron chi connectivity index (χ4n) is 2.82. The van der Waals surface area contributed by atoms with Crippen molar-refractivity contribution in [2.75, 3.05) is 6.54 Å². The summed E-state index contributed by atoms with van der Waals surface area (Å²) in [4.78, 5) is 20.3. The first kappa shape index (κ1) is 13.9. The van der Waals surface area contributed by atoms with E-state index in [4.69, 9.17) is 11.6 Å². The molecule has 3 rings (SSSR count). The van der Waals surface area contributed by atoms with Crippen molar-refractivity contribution in [3.05, 3.63) is 40.7 Å². The molecule has 5 nitrogen and oxygen atoms in total. The zero-order valence-electron chi connectivity index (χ0n) is 11.6. The van der Waals surface area contributed by atoms with Gasteiger partial charge in [-0.25, -0.2) is 9.78 Å². The van der Waals surface area contributed by atoms with Crippen molar-refractivity contribution in [2.45, 2.75) is 25.8 Å². The van der Waals surface area contributed by atoms with Gasteiger partial charge in [0.1, 0.15) is 5.82 Å². The number of halogens is 1. The number of amides is 1. The highest BCUT2D eigenvalue weighted by Gasteiger charge is 2.31. The first-order chi connectivity index (χ1) is 10.1. The first-order valence-corrected chi connectivity index (χ1v) is 7.25. The van der Waals surface area contributed by atoms with E-state index in [1.807, 2.05) is 25.1 Å². The molecule has 0 spiro atoms. The number of benzene rings is 1. The van der Waals surface area contributed by atoms with Crippen molar-refractivity contribution in [3.63, 3.8) is 0 Å². The topological polar surface area (TPSA) is 69.2 Å². The van der Waals surface area contributed by atoms with Gasteiger partial charge in [0.2, 0.25) is 0 Å². The SMILES string of the molecule is Cc1c(Cl)cccc1-c1ncc([C@@H]2CCCN2C(=O)O)[nH]1. The Morgan fingerprint density at radius 2 is 2.33 bits per heavy atom. The van der Waals surface area contributed by atoms with Crippen LogP contribution in [0.2, 0.25) is 5.02 Å². The van der Waals surface area contributed by atoms with Crippen LogP contribution in [0.15, 0.2) is 24.4 Å². The van der Waals surface area contributed by atoms with Crippen molar-refractivity contribution in [3.8, 4) is 11.4 Å². The molecule has 110 valence electrons. The molecule has 1 aromatic carbocycles. The Bertz CT molecular complexity index is 683. The second kappa shape index (κ2) is 5.41. The lowest BCUT2D eigenvalue weighted by Crippen LogP contribution is -2.28. The summed E-state index contributed by atoms with van der Waals surface area (Å²) in [5.74, 6) is 0.724. The van der Waals surface area contributed by atoms with E-state index in [1.54, 1.807) is 6.20 Å². The van der Waals surface area contributed by atoms with Gasteiger partial charge in [-0.3, -0.25) is 4.90 Å². The number of nitrogens with zero attached hydrogens (tertiary/aromatic N) is 2. The predicted octanol–water partition coefficient (Wildman–Crippen LogP) is 3.85. The normalized spacial score (nSPS) is 18.2. The van der Waals surface area contributed by atoms with Crippen LogP contribution >= 0.6 is 11.6 Å². The molecule has 1 saturated heterocycles. The number of imidazole rings is 1. The molecule has 0 aliphatic carbocycles. The van der Waals surface area contributed by atoms with E-state index in [2.05, 4.69) is 9.97 Å². The smallest absolute Gasteiger partial charge is 0.407 e. The fourth-order valence-corrected chi connectivity index (χ4v) is 3.00. The van der Waals surface area contributed by atoms with Gasteiger partial charge in [0.25, 0.3) is 0 Å². The van der Waals surface area contributed by atoms with Crippen molar-refractivity contribution in [1.29, 1.82) is 0 Å². The lowest BCUT2D eigenvalue weighted by atomic mass is 10.1. The molecule has 1 fully saturated rings. The van der Waals surface area contributed by atoms with Crippen LogP contribution in [0.4, 0.5) is 4.79 Å². The van der Waals surface area contributed by atoms with E-state index in [0.717, 1.165) is 35.5 Å². The van der Waals surface area contributed by atoms with Gasteiger partial charge in [0.15, 0.2) is 0 Å². The van der Waals surface area contributed by atoms with E-state index >= 15 is 0 Å². The molecule has 0 radical (unpaired) electrons. The Hall–Kier alpha value is -2.01. The Kier molecular flexibility index (Phi) is 3.59. The van der Waals surface area contributed by atoms with Crippen LogP contribution in [0.25, 0.3) is 11.4 Å². The zero-order valence-corrected chi connectivity index (χ0v) is 12.4. The van der Waals surface area contributed by atoms with Crippen LogP contribution < -0.4 is 0 Å². The van der Waals surface area contributed by atoms with E-state index in [0.29, 0.717) is 11.6 Å². The number of carboxylic acid groups (broad SMARTS) is 1. The highest BCUT2D eigenvalue weighted by atomic mass is 35.5. The summed E-state index contributed by atoms with van der Waals surface area (Å²) in [7, 11) is 0. The van der Waals surface area contributed by atoms with Gasteiger partial charge in [0.05, 0.1) is 17.9 Å². The quantitative estimate of drug-likeness (QED) is 0.885. The second-order valence-electron chi connectivity index (χ2n) is 5.23. The van der Waals surface area contributed by atoms with Gasteiger partial charge in [-0.2, -0.15) is 0 Å². The maximum absolute atomic E-state index is 11.2. The Balaban J connectivity index is 1.93. The number of nitrogens with one attached hydrogen (secondary N) is 1. The molecular formula is C15H16ClN3O2. The molecule has 1 amide bonds. The Morgan fingerprint density at radius 1 is 1.52 bits per heavy atom. The number of carbonyl (C=O) groups is 1. The van der Waals surface area contributed by atoms with Crippen LogP contribution in [0.5, 0.6) is 0 Å². The first-order valence-electron chi connectivity index (χ1n) is 6.88. The maximum Gasteiger partial charge on any atom is 0.407 e. The maximum atomic E-state index is 11.2. The molecule has 1 atom stereocenters. The minimum absolute atomic E-state index is 0.136. The second-order valence-corrected chi connectivity index (χ2v) is 5.64. The molecule has 2 heterocycles. The summed E-state index contributed by atoms with van der Waals surface area (Å²) >= 11 is 6.13. The molecule has 2 N–H and O–H groups in total. The Labute approximate surface area is 127 Å². The van der Waals surface area contributed by atoms with Crippen LogP contribution in [-0.4, -0.2) is 32.6 Å². The number of H-pyrrole nitrogens is 1. The van der Waals surface area contributed by atoms with E-state index in [1.165, 1.54) is 4.90 Å². The summed E-state index contributed by atoms with van der Waals surface area (Å²) < 4.78 is 0. The predicted molar refractivity (Wildman–Crippen MR) is 80.5 cm³/mol. The van der Waals surface area contributed by atoms with Gasteiger partial charge >= 0.3 is 6.09 Å². The molecular weight excluding hydrogens is 290 g/mol. The summed E-state index contributed by atoms with van der Waals surface area (Å²) in [5, 5.41) is 9.92. The van der Waals surface area contributed by atoms with E-state index in [9.17, 15) is 9.90 Å². The van der Waals surface area contributed by atoms with E-state index in [-0.39, 0.29) is 6.04 Å². The molecule has 1 aliphatic heterocycles.